The van der Waals surface area contributed by atoms with Gasteiger partial charge in [-0.2, -0.15) is 0 Å². The Morgan fingerprint density at radius 3 is 2.72 bits per heavy atom. The van der Waals surface area contributed by atoms with Crippen molar-refractivity contribution < 1.29 is 19.2 Å². The molecular formula is C12H20N2O4. The molecule has 0 bridgehead atoms. The van der Waals surface area contributed by atoms with Gasteiger partial charge in [0.05, 0.1) is 5.60 Å². The SMILES string of the molecule is CCC(O)(CC)CNC(=O)COc1cc(C)on1. The van der Waals surface area contributed by atoms with Crippen LogP contribution < -0.4 is 10.1 Å². The Morgan fingerprint density at radius 1 is 1.56 bits per heavy atom. The Balaban J connectivity index is 2.30. The van der Waals surface area contributed by atoms with Crippen molar-refractivity contribution in [2.45, 2.75) is 39.2 Å². The number of aliphatic hydroxyl groups is 1. The summed E-state index contributed by atoms with van der Waals surface area (Å²) in [4.78, 5) is 11.5. The minimum atomic E-state index is -0.847. The van der Waals surface area contributed by atoms with Gasteiger partial charge in [-0.25, -0.2) is 0 Å². The van der Waals surface area contributed by atoms with E-state index in [2.05, 4.69) is 10.5 Å². The summed E-state index contributed by atoms with van der Waals surface area (Å²) in [7, 11) is 0. The first-order valence-corrected chi connectivity index (χ1v) is 6.04. The standard InChI is InChI=1S/C12H20N2O4/c1-4-12(16,5-2)8-13-10(15)7-17-11-6-9(3)18-14-11/h6,16H,4-5,7-8H2,1-3H3,(H,13,15). The van der Waals surface area contributed by atoms with Crippen LogP contribution in [0.5, 0.6) is 5.88 Å². The molecule has 1 amide bonds. The minimum Gasteiger partial charge on any atom is -0.465 e. The summed E-state index contributed by atoms with van der Waals surface area (Å²) in [6.07, 6.45) is 1.18. The summed E-state index contributed by atoms with van der Waals surface area (Å²) in [6.45, 7) is 5.58. The number of amides is 1. The van der Waals surface area contributed by atoms with Gasteiger partial charge < -0.3 is 19.7 Å². The lowest BCUT2D eigenvalue weighted by Gasteiger charge is -2.25. The zero-order valence-electron chi connectivity index (χ0n) is 11.0. The van der Waals surface area contributed by atoms with E-state index in [4.69, 9.17) is 9.26 Å². The molecule has 1 aromatic heterocycles. The third-order valence-corrected chi connectivity index (χ3v) is 2.89. The third kappa shape index (κ3) is 4.37. The van der Waals surface area contributed by atoms with Crippen LogP contribution in [0, 0.1) is 6.92 Å². The van der Waals surface area contributed by atoms with Crippen LogP contribution in [-0.2, 0) is 4.79 Å². The van der Waals surface area contributed by atoms with Gasteiger partial charge in [0, 0.05) is 12.6 Å². The van der Waals surface area contributed by atoms with Gasteiger partial charge in [-0.3, -0.25) is 4.79 Å². The van der Waals surface area contributed by atoms with Crippen molar-refractivity contribution >= 4 is 5.91 Å². The smallest absolute Gasteiger partial charge is 0.258 e. The summed E-state index contributed by atoms with van der Waals surface area (Å²) < 4.78 is 9.92. The third-order valence-electron chi connectivity index (χ3n) is 2.89. The average Bonchev–Trinajstić information content (AvgIpc) is 2.79. The maximum Gasteiger partial charge on any atom is 0.258 e. The van der Waals surface area contributed by atoms with Gasteiger partial charge in [0.25, 0.3) is 11.8 Å². The van der Waals surface area contributed by atoms with Crippen molar-refractivity contribution in [3.05, 3.63) is 11.8 Å². The minimum absolute atomic E-state index is 0.143. The first-order valence-electron chi connectivity index (χ1n) is 6.04. The highest BCUT2D eigenvalue weighted by molar-refractivity contribution is 5.77. The molecule has 6 nitrogen and oxygen atoms in total. The molecule has 102 valence electrons. The summed E-state index contributed by atoms with van der Waals surface area (Å²) in [5, 5.41) is 16.2. The number of aryl methyl sites for hydroxylation is 1. The van der Waals surface area contributed by atoms with E-state index >= 15 is 0 Å². The highest BCUT2D eigenvalue weighted by Crippen LogP contribution is 2.13. The Labute approximate surface area is 106 Å². The molecular weight excluding hydrogens is 236 g/mol. The first kappa shape index (κ1) is 14.5. The molecule has 1 aromatic rings. The molecule has 0 atom stereocenters. The number of hydrogen-bond donors (Lipinski definition) is 2. The van der Waals surface area contributed by atoms with E-state index in [1.54, 1.807) is 13.0 Å². The molecule has 0 aliphatic carbocycles. The molecule has 0 aromatic carbocycles. The normalized spacial score (nSPS) is 11.3. The number of carbonyl (C=O) groups is 1. The zero-order valence-corrected chi connectivity index (χ0v) is 11.0. The summed E-state index contributed by atoms with van der Waals surface area (Å²) in [6, 6.07) is 1.60. The molecule has 0 radical (unpaired) electrons. The van der Waals surface area contributed by atoms with Crippen LogP contribution in [-0.4, -0.2) is 34.9 Å². The molecule has 0 fully saturated rings. The largest absolute Gasteiger partial charge is 0.465 e. The summed E-state index contributed by atoms with van der Waals surface area (Å²) in [5.41, 5.74) is -0.847. The predicted molar refractivity (Wildman–Crippen MR) is 65.3 cm³/mol. The van der Waals surface area contributed by atoms with Crippen LogP contribution >= 0.6 is 0 Å². The second-order valence-corrected chi connectivity index (χ2v) is 4.27. The van der Waals surface area contributed by atoms with E-state index in [0.29, 0.717) is 18.6 Å². The Kier molecular flexibility index (Phi) is 5.15. The molecule has 0 unspecified atom stereocenters. The molecule has 18 heavy (non-hydrogen) atoms. The van der Waals surface area contributed by atoms with E-state index in [-0.39, 0.29) is 24.9 Å². The summed E-state index contributed by atoms with van der Waals surface area (Å²) >= 11 is 0. The van der Waals surface area contributed by atoms with Crippen molar-refractivity contribution in [1.29, 1.82) is 0 Å². The van der Waals surface area contributed by atoms with Crippen LogP contribution in [0.2, 0.25) is 0 Å². The van der Waals surface area contributed by atoms with Gasteiger partial charge in [-0.05, 0) is 24.9 Å². The quantitative estimate of drug-likeness (QED) is 0.761. The lowest BCUT2D eigenvalue weighted by molar-refractivity contribution is -0.124. The van der Waals surface area contributed by atoms with Gasteiger partial charge >= 0.3 is 0 Å². The fourth-order valence-electron chi connectivity index (χ4n) is 1.37. The van der Waals surface area contributed by atoms with Crippen molar-refractivity contribution in [1.82, 2.24) is 10.5 Å². The lowest BCUT2D eigenvalue weighted by atomic mass is 9.98. The molecule has 2 N–H and O–H groups in total. The number of rotatable bonds is 7. The highest BCUT2D eigenvalue weighted by atomic mass is 16.5. The van der Waals surface area contributed by atoms with Crippen molar-refractivity contribution in [2.24, 2.45) is 0 Å². The monoisotopic (exact) mass is 256 g/mol. The molecule has 0 aliphatic heterocycles. The molecule has 1 rings (SSSR count). The molecule has 6 heteroatoms. The second-order valence-electron chi connectivity index (χ2n) is 4.27. The zero-order chi connectivity index (χ0) is 13.6. The van der Waals surface area contributed by atoms with Gasteiger partial charge in [-0.1, -0.05) is 13.8 Å². The van der Waals surface area contributed by atoms with Gasteiger partial charge in [0.2, 0.25) is 0 Å². The van der Waals surface area contributed by atoms with Crippen molar-refractivity contribution in [3.63, 3.8) is 0 Å². The number of aromatic nitrogens is 1. The van der Waals surface area contributed by atoms with E-state index in [9.17, 15) is 9.90 Å². The van der Waals surface area contributed by atoms with Gasteiger partial charge in [0.1, 0.15) is 5.76 Å². The molecule has 0 spiro atoms. The van der Waals surface area contributed by atoms with Crippen LogP contribution in [0.1, 0.15) is 32.4 Å². The fourth-order valence-corrected chi connectivity index (χ4v) is 1.37. The number of nitrogens with one attached hydrogen (secondary N) is 1. The van der Waals surface area contributed by atoms with E-state index in [1.165, 1.54) is 0 Å². The molecule has 0 aliphatic rings. The van der Waals surface area contributed by atoms with Crippen molar-refractivity contribution in [3.8, 4) is 5.88 Å². The topological polar surface area (TPSA) is 84.6 Å². The van der Waals surface area contributed by atoms with Crippen LogP contribution in [0.25, 0.3) is 0 Å². The first-order chi connectivity index (χ1) is 8.49. The number of hydrogen-bond acceptors (Lipinski definition) is 5. The van der Waals surface area contributed by atoms with Crippen LogP contribution in [0.3, 0.4) is 0 Å². The van der Waals surface area contributed by atoms with Crippen molar-refractivity contribution in [2.75, 3.05) is 13.2 Å². The maximum absolute atomic E-state index is 11.5. The maximum atomic E-state index is 11.5. The fraction of sp³-hybridized carbons (Fsp3) is 0.667. The van der Waals surface area contributed by atoms with Crippen LogP contribution in [0.4, 0.5) is 0 Å². The van der Waals surface area contributed by atoms with E-state index in [0.717, 1.165) is 0 Å². The Morgan fingerprint density at radius 2 is 2.22 bits per heavy atom. The molecule has 1 heterocycles. The number of carbonyl (C=O) groups excluding carboxylic acids is 1. The van der Waals surface area contributed by atoms with Gasteiger partial charge in [0.15, 0.2) is 6.61 Å². The van der Waals surface area contributed by atoms with Crippen LogP contribution in [0.15, 0.2) is 10.6 Å². The number of ether oxygens (including phenoxy) is 1. The van der Waals surface area contributed by atoms with E-state index < -0.39 is 5.60 Å². The predicted octanol–water partition coefficient (Wildman–Crippen LogP) is 1.03. The average molecular weight is 256 g/mol. The molecule has 0 saturated heterocycles. The molecule has 0 saturated carbocycles. The Bertz CT molecular complexity index is 385. The summed E-state index contributed by atoms with van der Waals surface area (Å²) in [5.74, 6) is 0.608. The second kappa shape index (κ2) is 6.39. The van der Waals surface area contributed by atoms with Gasteiger partial charge in [-0.15, -0.1) is 0 Å². The number of nitrogens with zero attached hydrogens (tertiary/aromatic N) is 1. The lowest BCUT2D eigenvalue weighted by Crippen LogP contribution is -2.43. The van der Waals surface area contributed by atoms with E-state index in [1.807, 2.05) is 13.8 Å². The highest BCUT2D eigenvalue weighted by Gasteiger charge is 2.22. The Hall–Kier alpha value is -1.56.